The number of nitrogens with two attached hydrogens (primary N) is 3. The Hall–Kier alpha value is -12.8. The van der Waals surface area contributed by atoms with Gasteiger partial charge < -0.3 is 60.3 Å². The summed E-state index contributed by atoms with van der Waals surface area (Å²) >= 11 is 6.11. The summed E-state index contributed by atoms with van der Waals surface area (Å²) in [7, 11) is 3.24. The zero-order chi connectivity index (χ0) is 79.8. The van der Waals surface area contributed by atoms with Crippen LogP contribution >= 0.6 is 11.6 Å². The molecule has 1 aliphatic carbocycles. The highest BCUT2D eigenvalue weighted by Gasteiger charge is 2.47. The van der Waals surface area contributed by atoms with Crippen molar-refractivity contribution in [2.45, 2.75) is 107 Å². The van der Waals surface area contributed by atoms with Gasteiger partial charge in [-0.05, 0) is 116 Å². The number of hydrogen-bond acceptors (Lipinski definition) is 27. The van der Waals surface area contributed by atoms with E-state index in [4.69, 9.17) is 72.2 Å². The van der Waals surface area contributed by atoms with E-state index in [9.17, 15) is 24.6 Å². The molecule has 6 unspecified atom stereocenters. The van der Waals surface area contributed by atoms with Gasteiger partial charge in [0.25, 0.3) is 6.43 Å². The van der Waals surface area contributed by atoms with E-state index in [-0.39, 0.29) is 28.8 Å². The molecule has 9 aliphatic heterocycles. The summed E-state index contributed by atoms with van der Waals surface area (Å²) in [5.74, 6) is 5.91. The van der Waals surface area contributed by atoms with E-state index in [2.05, 4.69) is 90.0 Å². The molecule has 0 aromatic carbocycles. The maximum Gasteiger partial charge on any atom is 0.272 e. The maximum atomic E-state index is 12.8. The first-order valence-corrected chi connectivity index (χ1v) is 38.9. The Morgan fingerprint density at radius 1 is 0.474 bits per heavy atom. The van der Waals surface area contributed by atoms with Gasteiger partial charge in [-0.15, -0.1) is 15.3 Å². The molecule has 10 aliphatic rings. The minimum Gasteiger partial charge on any atom is -0.492 e. The van der Waals surface area contributed by atoms with Gasteiger partial charge >= 0.3 is 0 Å². The molecule has 12 aromatic heterocycles. The summed E-state index contributed by atoms with van der Waals surface area (Å²) in [4.78, 5) is 41.8. The highest BCUT2D eigenvalue weighted by molar-refractivity contribution is 6.30. The van der Waals surface area contributed by atoms with Crippen LogP contribution in [-0.2, 0) is 24.4 Å². The van der Waals surface area contributed by atoms with Crippen molar-refractivity contribution < 1.29 is 37.2 Å². The van der Waals surface area contributed by atoms with Gasteiger partial charge in [-0.1, -0.05) is 23.7 Å². The summed E-state index contributed by atoms with van der Waals surface area (Å²) in [5, 5.41) is 42.6. The van der Waals surface area contributed by atoms with Gasteiger partial charge in [0.05, 0.1) is 73.7 Å². The Kier molecular flexibility index (Phi) is 21.3. The van der Waals surface area contributed by atoms with Crippen LogP contribution in [0.4, 0.5) is 43.7 Å². The number of piperazine rings is 3. The van der Waals surface area contributed by atoms with E-state index < -0.39 is 13.0 Å². The Balaban J connectivity index is 0.000000125. The number of methoxy groups -OCH3 is 2. The number of pyridine rings is 9. The molecule has 0 amide bonds. The molecule has 22 rings (SSSR count). The minimum absolute atomic E-state index is 0.0526. The number of nitriles is 3. The average molecular weight is 1590 g/mol. The second kappa shape index (κ2) is 32.6. The normalized spacial score (nSPS) is 19.3. The van der Waals surface area contributed by atoms with Crippen molar-refractivity contribution in [3.63, 3.8) is 0 Å². The predicted molar refractivity (Wildman–Crippen MR) is 430 cm³/mol. The standard InChI is InChI=1S/C30H32N8O3.C27H26F2N8O2.C26H25ClN8O/c1-39-28-7-2-19(13-34-28)15-37-21-10-22(37)17-36(16-21)27-6-3-20(14-33-27)25-11-24(41-9-8-40-23-4-5-23)18-38-29(25)26(12-31)30(32)35-38;1-38-25-5-2-16(9-33-25)11-36-18-6-19(36)13-35(12-18)24-4-3-17(10-32-24)21-7-20(39-15-23(28)29)14-37-26(21)22(8-30)27(31)34-37;1-2-36-21-7-22(25-23(8-28)26(29)32-35(25)15-21)17-3-4-24(31-10-17)33-13-19-6-20(14-33)34(19)12-16-5-18(27)11-30-9-16/h2-3,6-7,11,13-14,18,21-23H,4-5,8-10,15-17H2,1H3,(H2,32,35);2-5,7,9-10,14,18-19,23H,6,11-13,15H2,1H3,(H2,31,34);3-5,7,9-11,15,19-20H,2,6,12-14H2,1H3,(H2,29,32). The van der Waals surface area contributed by atoms with Crippen molar-refractivity contribution in [3.05, 3.63) is 185 Å². The monoisotopic (exact) mass is 1580 g/mol. The molecule has 0 radical (unpaired) electrons. The third-order valence-corrected chi connectivity index (χ3v) is 22.7. The summed E-state index contributed by atoms with van der Waals surface area (Å²) < 4.78 is 63.1. The van der Waals surface area contributed by atoms with Crippen LogP contribution in [0.5, 0.6) is 29.0 Å². The highest BCUT2D eigenvalue weighted by atomic mass is 35.5. The van der Waals surface area contributed by atoms with Crippen LogP contribution in [0.25, 0.3) is 49.9 Å². The fourth-order valence-corrected chi connectivity index (χ4v) is 16.9. The Morgan fingerprint density at radius 3 is 1.21 bits per heavy atom. The number of anilines is 6. The van der Waals surface area contributed by atoms with Gasteiger partial charge in [0.1, 0.15) is 82.8 Å². The molecule has 12 aromatic rings. The summed E-state index contributed by atoms with van der Waals surface area (Å²) in [6, 6.07) is 36.7. The SMILES string of the molecule is CCOc1cc(-c2ccc(N3CC4CC(C3)N4Cc3cncc(Cl)c3)nc2)c2c(C#N)c(N)nn2c1.COc1ccc(CN2C3CC2CN(c2ccc(-c4cc(OCC(F)F)cn5nc(N)c(C#N)c45)cn2)C3)cn1.COc1ccc(CN2C3CC2CN(c2ccc(-c4cc(OCCOC5CC5)cn5nc(N)c(C#N)c45)cn2)C3)cn1. The summed E-state index contributed by atoms with van der Waals surface area (Å²) in [6.07, 6.45) is 21.2. The first-order chi connectivity index (χ1) is 56.6. The second-order valence-corrected chi connectivity index (χ2v) is 30.3. The first kappa shape index (κ1) is 75.9. The topological polar surface area (TPSA) is 353 Å². The molecule has 0 spiro atoms. The second-order valence-electron chi connectivity index (χ2n) is 29.8. The lowest BCUT2D eigenvalue weighted by Crippen LogP contribution is -2.68. The Labute approximate surface area is 671 Å². The van der Waals surface area contributed by atoms with Crippen molar-refractivity contribution >= 4 is 63.1 Å². The molecule has 9 saturated heterocycles. The predicted octanol–water partition coefficient (Wildman–Crippen LogP) is 10.4. The van der Waals surface area contributed by atoms with Crippen LogP contribution in [-0.4, -0.2) is 202 Å². The van der Waals surface area contributed by atoms with E-state index in [0.717, 1.165) is 129 Å². The van der Waals surface area contributed by atoms with Gasteiger partial charge in [-0.2, -0.15) is 15.8 Å². The number of aromatic nitrogens is 12. The molecule has 6 atom stereocenters. The van der Waals surface area contributed by atoms with Crippen LogP contribution in [0.3, 0.4) is 0 Å². The molecular weight excluding hydrogens is 1500 g/mol. The lowest BCUT2D eigenvalue weighted by atomic mass is 9.87. The lowest BCUT2D eigenvalue weighted by Gasteiger charge is -2.56. The molecular formula is C83H83ClF2N24O6. The fourth-order valence-electron chi connectivity index (χ4n) is 16.7. The number of hydrogen-bond donors (Lipinski definition) is 3. The van der Waals surface area contributed by atoms with Crippen LogP contribution in [0.2, 0.25) is 5.02 Å². The van der Waals surface area contributed by atoms with Crippen LogP contribution < -0.4 is 55.6 Å². The van der Waals surface area contributed by atoms with Gasteiger partial charge in [-0.25, -0.2) is 47.2 Å². The molecule has 6 N–H and O–H groups in total. The van der Waals surface area contributed by atoms with Crippen molar-refractivity contribution in [3.8, 4) is 80.6 Å². The van der Waals surface area contributed by atoms with Crippen molar-refractivity contribution in [2.75, 3.05) is 112 Å². The number of rotatable bonds is 24. The zero-order valence-electron chi connectivity index (χ0n) is 63.9. The Morgan fingerprint density at radius 2 is 0.871 bits per heavy atom. The highest BCUT2D eigenvalue weighted by Crippen LogP contribution is 2.43. The van der Waals surface area contributed by atoms with Crippen molar-refractivity contribution in [1.82, 2.24) is 73.4 Å². The number of fused-ring (bicyclic) bond motifs is 9. The largest absolute Gasteiger partial charge is 0.492 e. The minimum atomic E-state index is -2.62. The van der Waals surface area contributed by atoms with Gasteiger partial charge in [0, 0.05) is 184 Å². The number of nitrogen functional groups attached to an aromatic ring is 3. The number of alkyl halides is 2. The molecule has 6 bridgehead atoms. The molecule has 10 fully saturated rings. The molecule has 33 heteroatoms. The van der Waals surface area contributed by atoms with E-state index >= 15 is 0 Å². The van der Waals surface area contributed by atoms with E-state index in [1.165, 1.54) is 29.1 Å². The molecule has 592 valence electrons. The van der Waals surface area contributed by atoms with Crippen molar-refractivity contribution in [2.24, 2.45) is 0 Å². The maximum absolute atomic E-state index is 12.8. The molecule has 1 saturated carbocycles. The number of halogens is 3. The first-order valence-electron chi connectivity index (χ1n) is 38.5. The number of ether oxygens (including phenoxy) is 6. The quantitative estimate of drug-likeness (QED) is 0.0473. The van der Waals surface area contributed by atoms with Gasteiger partial charge in [0.2, 0.25) is 11.8 Å². The zero-order valence-corrected chi connectivity index (χ0v) is 64.7. The van der Waals surface area contributed by atoms with Crippen molar-refractivity contribution in [1.29, 1.82) is 15.8 Å². The molecule has 30 nitrogen and oxygen atoms in total. The van der Waals surface area contributed by atoms with E-state index in [1.807, 2.05) is 105 Å². The fraction of sp³-hybridized carbons (Fsp3) is 0.349. The smallest absolute Gasteiger partial charge is 0.272 e. The molecule has 116 heavy (non-hydrogen) atoms. The van der Waals surface area contributed by atoms with Crippen LogP contribution in [0.15, 0.2) is 147 Å². The van der Waals surface area contributed by atoms with E-state index in [0.29, 0.717) is 129 Å². The van der Waals surface area contributed by atoms with E-state index in [1.54, 1.807) is 54.1 Å². The van der Waals surface area contributed by atoms with Crippen LogP contribution in [0, 0.1) is 34.0 Å². The third kappa shape index (κ3) is 15.6. The summed E-state index contributed by atoms with van der Waals surface area (Å²) in [5.41, 5.74) is 28.8. The Bertz CT molecular complexity index is 5680. The molecule has 21 heterocycles. The summed E-state index contributed by atoms with van der Waals surface area (Å²) in [6.45, 7) is 10.7. The van der Waals surface area contributed by atoms with Gasteiger partial charge in [-0.3, -0.25) is 19.7 Å². The lowest BCUT2D eigenvalue weighted by molar-refractivity contribution is -0.00879. The third-order valence-electron chi connectivity index (χ3n) is 22.5. The number of nitrogens with zero attached hydrogens (tertiary/aromatic N) is 21. The van der Waals surface area contributed by atoms with Crippen LogP contribution in [0.1, 0.15) is 72.4 Å². The average Bonchev–Trinajstić information content (AvgIpc) is 0.993. The number of piperidine rings is 3. The van der Waals surface area contributed by atoms with Gasteiger partial charge in [0.15, 0.2) is 17.5 Å².